The maximum absolute atomic E-state index is 12.6. The molecule has 0 fully saturated rings. The van der Waals surface area contributed by atoms with Crippen LogP contribution in [0.3, 0.4) is 0 Å². The van der Waals surface area contributed by atoms with Gasteiger partial charge in [0.05, 0.1) is 12.4 Å². The van der Waals surface area contributed by atoms with Crippen LogP contribution < -0.4 is 10.1 Å². The molecule has 1 aliphatic carbocycles. The molecule has 0 spiro atoms. The number of aryl methyl sites for hydroxylation is 2. The van der Waals surface area contributed by atoms with Crippen molar-refractivity contribution < 1.29 is 9.53 Å². The minimum atomic E-state index is -0.267. The number of nitrogens with zero attached hydrogens (tertiary/aromatic N) is 2. The fourth-order valence-electron chi connectivity index (χ4n) is 3.15. The number of aromatic nitrogens is 2. The predicted molar refractivity (Wildman–Crippen MR) is 106 cm³/mol. The van der Waals surface area contributed by atoms with Gasteiger partial charge in [0.1, 0.15) is 21.9 Å². The third-order valence-electron chi connectivity index (χ3n) is 4.46. The summed E-state index contributed by atoms with van der Waals surface area (Å²) in [6.45, 7) is 1.90. The number of rotatable bonds is 5. The Labute approximate surface area is 160 Å². The number of fused-ring (bicyclic) bond motifs is 3. The Balaban J connectivity index is 1.53. The van der Waals surface area contributed by atoms with Crippen LogP contribution in [-0.4, -0.2) is 28.2 Å². The topological polar surface area (TPSA) is 64.1 Å². The molecule has 1 amide bonds. The summed E-state index contributed by atoms with van der Waals surface area (Å²) in [6, 6.07) is 7.37. The van der Waals surface area contributed by atoms with Gasteiger partial charge in [-0.3, -0.25) is 4.79 Å². The Hall–Kier alpha value is -2.12. The summed E-state index contributed by atoms with van der Waals surface area (Å²) in [6.07, 6.45) is 5.01. The van der Waals surface area contributed by atoms with Crippen LogP contribution in [0.25, 0.3) is 10.2 Å². The van der Waals surface area contributed by atoms with Crippen LogP contribution in [0.5, 0.6) is 5.75 Å². The minimum Gasteiger partial charge on any atom is -0.497 e. The standard InChI is InChI=1S/C19H19N3O2S2/c1-11(17(23)22-12-5-3-6-13(9-12)24-2)25-18-16-14-7-4-8-15(14)26-19(16)21-10-20-18/h3,5-6,9-11H,4,7-8H2,1-2H3,(H,22,23)/t11-/m1/s1. The first kappa shape index (κ1) is 17.3. The first-order chi connectivity index (χ1) is 12.7. The van der Waals surface area contributed by atoms with E-state index in [0.717, 1.165) is 39.5 Å². The van der Waals surface area contributed by atoms with Gasteiger partial charge >= 0.3 is 0 Å². The van der Waals surface area contributed by atoms with Crippen molar-refractivity contribution in [1.29, 1.82) is 0 Å². The molecule has 7 heteroatoms. The molecule has 5 nitrogen and oxygen atoms in total. The second-order valence-corrected chi connectivity index (χ2v) is 8.61. The Kier molecular flexibility index (Phi) is 4.82. The van der Waals surface area contributed by atoms with E-state index in [1.54, 1.807) is 24.8 Å². The van der Waals surface area contributed by atoms with Crippen LogP contribution >= 0.6 is 23.1 Å². The van der Waals surface area contributed by atoms with E-state index < -0.39 is 0 Å². The fraction of sp³-hybridized carbons (Fsp3) is 0.316. The van der Waals surface area contributed by atoms with E-state index in [1.165, 1.54) is 28.6 Å². The molecular weight excluding hydrogens is 366 g/mol. The number of benzene rings is 1. The number of anilines is 1. The lowest BCUT2D eigenvalue weighted by atomic mass is 10.2. The summed E-state index contributed by atoms with van der Waals surface area (Å²) in [7, 11) is 1.61. The zero-order chi connectivity index (χ0) is 18.1. The third kappa shape index (κ3) is 3.29. The molecule has 26 heavy (non-hydrogen) atoms. The van der Waals surface area contributed by atoms with E-state index >= 15 is 0 Å². The highest BCUT2D eigenvalue weighted by Gasteiger charge is 2.24. The van der Waals surface area contributed by atoms with Crippen LogP contribution in [0.4, 0.5) is 5.69 Å². The third-order valence-corrected chi connectivity index (χ3v) is 6.76. The second kappa shape index (κ2) is 7.25. The maximum atomic E-state index is 12.6. The molecule has 0 saturated heterocycles. The molecule has 1 aliphatic rings. The molecule has 0 saturated carbocycles. The number of hydrogen-bond donors (Lipinski definition) is 1. The Morgan fingerprint density at radius 1 is 1.35 bits per heavy atom. The van der Waals surface area contributed by atoms with E-state index in [-0.39, 0.29) is 11.2 Å². The van der Waals surface area contributed by atoms with Gasteiger partial charge in [0, 0.05) is 22.0 Å². The van der Waals surface area contributed by atoms with E-state index in [9.17, 15) is 4.79 Å². The zero-order valence-electron chi connectivity index (χ0n) is 14.6. The normalized spacial score (nSPS) is 14.2. The molecular formula is C19H19N3O2S2. The number of carbonyl (C=O) groups is 1. The molecule has 1 atom stereocenters. The van der Waals surface area contributed by atoms with Gasteiger partial charge in [0.15, 0.2) is 0 Å². The summed E-state index contributed by atoms with van der Waals surface area (Å²) >= 11 is 3.26. The molecule has 0 radical (unpaired) electrons. The minimum absolute atomic E-state index is 0.0538. The van der Waals surface area contributed by atoms with Crippen molar-refractivity contribution >= 4 is 44.9 Å². The molecule has 2 aromatic heterocycles. The number of hydrogen-bond acceptors (Lipinski definition) is 6. The average Bonchev–Trinajstić information content (AvgIpc) is 3.23. The van der Waals surface area contributed by atoms with Crippen LogP contribution in [0.15, 0.2) is 35.6 Å². The number of methoxy groups -OCH3 is 1. The Morgan fingerprint density at radius 2 is 2.23 bits per heavy atom. The lowest BCUT2D eigenvalue weighted by Gasteiger charge is -2.13. The van der Waals surface area contributed by atoms with E-state index in [1.807, 2.05) is 31.2 Å². The monoisotopic (exact) mass is 385 g/mol. The summed E-state index contributed by atoms with van der Waals surface area (Å²) in [5.41, 5.74) is 2.11. The lowest BCUT2D eigenvalue weighted by molar-refractivity contribution is -0.115. The highest BCUT2D eigenvalue weighted by Crippen LogP contribution is 2.40. The molecule has 4 rings (SSSR count). The number of carbonyl (C=O) groups excluding carboxylic acids is 1. The predicted octanol–water partition coefficient (Wildman–Crippen LogP) is 4.31. The van der Waals surface area contributed by atoms with Crippen molar-refractivity contribution in [2.75, 3.05) is 12.4 Å². The zero-order valence-corrected chi connectivity index (χ0v) is 16.2. The van der Waals surface area contributed by atoms with Crippen molar-refractivity contribution in [3.8, 4) is 5.75 Å². The van der Waals surface area contributed by atoms with Crippen LogP contribution in [0, 0.1) is 0 Å². The Morgan fingerprint density at radius 3 is 3.08 bits per heavy atom. The summed E-state index contributed by atoms with van der Waals surface area (Å²) < 4.78 is 5.20. The van der Waals surface area contributed by atoms with Crippen LogP contribution in [-0.2, 0) is 17.6 Å². The van der Waals surface area contributed by atoms with Crippen LogP contribution in [0.2, 0.25) is 0 Å². The van der Waals surface area contributed by atoms with Crippen LogP contribution in [0.1, 0.15) is 23.8 Å². The number of thioether (sulfide) groups is 1. The number of ether oxygens (including phenoxy) is 1. The van der Waals surface area contributed by atoms with Crippen molar-refractivity contribution in [2.45, 2.75) is 36.5 Å². The SMILES string of the molecule is COc1cccc(NC(=O)[C@@H](C)Sc2ncnc3sc4c(c23)CCC4)c1. The van der Waals surface area contributed by atoms with Gasteiger partial charge in [-0.25, -0.2) is 9.97 Å². The van der Waals surface area contributed by atoms with Gasteiger partial charge in [0.25, 0.3) is 0 Å². The number of nitrogens with one attached hydrogen (secondary N) is 1. The quantitative estimate of drug-likeness (QED) is 0.524. The maximum Gasteiger partial charge on any atom is 0.237 e. The van der Waals surface area contributed by atoms with Gasteiger partial charge in [0.2, 0.25) is 5.91 Å². The second-order valence-electron chi connectivity index (χ2n) is 6.20. The van der Waals surface area contributed by atoms with Gasteiger partial charge in [-0.15, -0.1) is 11.3 Å². The molecule has 1 aromatic carbocycles. The van der Waals surface area contributed by atoms with E-state index in [4.69, 9.17) is 4.74 Å². The van der Waals surface area contributed by atoms with Gasteiger partial charge in [-0.2, -0.15) is 0 Å². The molecule has 2 heterocycles. The average molecular weight is 386 g/mol. The lowest BCUT2D eigenvalue weighted by Crippen LogP contribution is -2.22. The first-order valence-electron chi connectivity index (χ1n) is 8.52. The summed E-state index contributed by atoms with van der Waals surface area (Å²) in [4.78, 5) is 24.0. The molecule has 134 valence electrons. The van der Waals surface area contributed by atoms with E-state index in [2.05, 4.69) is 15.3 Å². The van der Waals surface area contributed by atoms with Crippen molar-refractivity contribution in [3.63, 3.8) is 0 Å². The number of thiophene rings is 1. The highest BCUT2D eigenvalue weighted by atomic mass is 32.2. The van der Waals surface area contributed by atoms with Crippen molar-refractivity contribution in [1.82, 2.24) is 9.97 Å². The van der Waals surface area contributed by atoms with Gasteiger partial charge in [-0.1, -0.05) is 17.8 Å². The van der Waals surface area contributed by atoms with Gasteiger partial charge in [-0.05, 0) is 43.9 Å². The molecule has 0 bridgehead atoms. The van der Waals surface area contributed by atoms with Gasteiger partial charge < -0.3 is 10.1 Å². The molecule has 0 unspecified atom stereocenters. The van der Waals surface area contributed by atoms with Crippen molar-refractivity contribution in [2.24, 2.45) is 0 Å². The first-order valence-corrected chi connectivity index (χ1v) is 10.2. The summed E-state index contributed by atoms with van der Waals surface area (Å²) in [5.74, 6) is 0.663. The summed E-state index contributed by atoms with van der Waals surface area (Å²) in [5, 5.41) is 4.74. The number of amides is 1. The molecule has 3 aromatic rings. The fourth-order valence-corrected chi connectivity index (χ4v) is 5.39. The Bertz CT molecular complexity index is 971. The molecule has 0 aliphatic heterocycles. The molecule has 1 N–H and O–H groups in total. The van der Waals surface area contributed by atoms with E-state index in [0.29, 0.717) is 0 Å². The smallest absolute Gasteiger partial charge is 0.237 e. The largest absolute Gasteiger partial charge is 0.497 e. The highest BCUT2D eigenvalue weighted by molar-refractivity contribution is 8.00. The van der Waals surface area contributed by atoms with Crippen molar-refractivity contribution in [3.05, 3.63) is 41.0 Å².